The van der Waals surface area contributed by atoms with Crippen molar-refractivity contribution in [3.8, 4) is 0 Å². The zero-order chi connectivity index (χ0) is 5.41. The molecule has 0 heterocycles. The Labute approximate surface area is 68.4 Å². The molecule has 0 unspecified atom stereocenters. The van der Waals surface area contributed by atoms with Crippen LogP contribution in [0.4, 0.5) is 0 Å². The molecule has 0 amide bonds. The van der Waals surface area contributed by atoms with Crippen molar-refractivity contribution in [1.29, 1.82) is 0 Å². The van der Waals surface area contributed by atoms with Crippen molar-refractivity contribution in [3.63, 3.8) is 0 Å². The molecule has 0 atom stereocenters. The zero-order valence-electron chi connectivity index (χ0n) is 3.10. The van der Waals surface area contributed by atoms with E-state index in [0.29, 0.717) is 0 Å². The van der Waals surface area contributed by atoms with Crippen LogP contribution >= 0.6 is 0 Å². The van der Waals surface area contributed by atoms with Gasteiger partial charge >= 0.3 is 27.3 Å². The average Bonchev–Trinajstić information content (AvgIpc) is 1.39. The predicted octanol–water partition coefficient (Wildman–Crippen LogP) is -4.76. The van der Waals surface area contributed by atoms with Crippen molar-refractivity contribution >= 4 is 0 Å². The van der Waals surface area contributed by atoms with Gasteiger partial charge in [-0.15, -0.1) is 0 Å². The van der Waals surface area contributed by atoms with Crippen molar-refractivity contribution < 1.29 is 68.6 Å². The normalized spacial score (nSPS) is 5.14. The Balaban J connectivity index is -0.0000000400. The molecule has 4 nitrogen and oxygen atoms in total. The Morgan fingerprint density at radius 1 is 0.714 bits per heavy atom. The maximum atomic E-state index is 8.24. The van der Waals surface area contributed by atoms with Gasteiger partial charge in [-0.3, -0.25) is 0 Å². The molecule has 0 bridgehead atoms. The van der Waals surface area contributed by atoms with Crippen LogP contribution in [0.3, 0.4) is 0 Å². The fourth-order valence-corrected chi connectivity index (χ4v) is 0. The van der Waals surface area contributed by atoms with E-state index in [4.69, 9.17) is 18.6 Å². The number of rotatable bonds is 0. The summed E-state index contributed by atoms with van der Waals surface area (Å²) < 4.78 is 32.9. The van der Waals surface area contributed by atoms with Crippen LogP contribution in [0, 0.1) is 22.7 Å². The van der Waals surface area contributed by atoms with Gasteiger partial charge in [-0.1, -0.05) is 0 Å². The molecule has 0 aromatic carbocycles. The van der Waals surface area contributed by atoms with Gasteiger partial charge in [0.15, 0.2) is 0 Å². The summed E-state index contributed by atoms with van der Waals surface area (Å²) >= 11 is -0.833. The fraction of sp³-hybridized carbons (Fsp3) is 0. The molecule has 7 heteroatoms. The zero-order valence-corrected chi connectivity index (χ0v) is 8.64. The topological polar surface area (TPSA) is 92.2 Å². The standard InChI is InChI=1S/Cd.2ClO2/c;2*2-1-3/q+2;2*-1. The summed E-state index contributed by atoms with van der Waals surface area (Å²) in [5, 5.41) is 0. The molecule has 0 radical (unpaired) electrons. The van der Waals surface area contributed by atoms with Crippen LogP contribution in [-0.2, 0) is 27.3 Å². The second-order valence-electron chi connectivity index (χ2n) is 0.126. The van der Waals surface area contributed by atoms with Crippen LogP contribution in [0.1, 0.15) is 0 Å². The Bertz CT molecular complexity index is 11.7. The molecule has 0 rings (SSSR count). The Kier molecular flexibility index (Phi) is 59.5. The third-order valence-electron chi connectivity index (χ3n) is 0. The van der Waals surface area contributed by atoms with Crippen molar-refractivity contribution in [1.82, 2.24) is 0 Å². The molecule has 0 aliphatic rings. The molecule has 40 valence electrons. The maximum Gasteiger partial charge on any atom is 2.00 e. The minimum atomic E-state index is -0.417. The Morgan fingerprint density at radius 3 is 0.714 bits per heavy atom. The maximum absolute atomic E-state index is 8.24. The van der Waals surface area contributed by atoms with E-state index in [2.05, 4.69) is 0 Å². The Morgan fingerprint density at radius 2 is 0.714 bits per heavy atom. The summed E-state index contributed by atoms with van der Waals surface area (Å²) in [6.07, 6.45) is 0. The summed E-state index contributed by atoms with van der Waals surface area (Å²) in [5.74, 6) is 0. The van der Waals surface area contributed by atoms with Gasteiger partial charge in [0, 0.05) is 0 Å². The molecule has 0 aromatic rings. The van der Waals surface area contributed by atoms with E-state index < -0.39 is 22.7 Å². The second kappa shape index (κ2) is 26.4. The SMILES string of the molecule is [Cd+2].[O-][Cl+][O-].[O-][Cl+][O-]. The van der Waals surface area contributed by atoms with Crippen molar-refractivity contribution in [2.75, 3.05) is 0 Å². The third kappa shape index (κ3) is 116. The van der Waals surface area contributed by atoms with Crippen molar-refractivity contribution in [2.45, 2.75) is 0 Å². The van der Waals surface area contributed by atoms with E-state index >= 15 is 0 Å². The molecular weight excluding hydrogens is 247 g/mol. The van der Waals surface area contributed by atoms with E-state index in [0.717, 1.165) is 0 Å². The molecular formula is CdCl2O4. The number of halogens is 2. The molecule has 0 saturated carbocycles. The summed E-state index contributed by atoms with van der Waals surface area (Å²) in [6.45, 7) is 0. The van der Waals surface area contributed by atoms with Crippen LogP contribution in [0.2, 0.25) is 0 Å². The molecule has 0 aliphatic heterocycles. The van der Waals surface area contributed by atoms with Crippen LogP contribution in [0.15, 0.2) is 0 Å². The van der Waals surface area contributed by atoms with E-state index in [1.807, 2.05) is 0 Å². The van der Waals surface area contributed by atoms with Gasteiger partial charge in [0.2, 0.25) is 0 Å². The second-order valence-corrected chi connectivity index (χ2v) is 0.378. The molecule has 0 fully saturated rings. The van der Waals surface area contributed by atoms with Crippen molar-refractivity contribution in [2.24, 2.45) is 0 Å². The van der Waals surface area contributed by atoms with Crippen LogP contribution in [0.25, 0.3) is 0 Å². The quantitative estimate of drug-likeness (QED) is 0.402. The van der Waals surface area contributed by atoms with Gasteiger partial charge in [-0.2, -0.15) is 0 Å². The predicted molar refractivity (Wildman–Crippen MR) is 0 cm³/mol. The van der Waals surface area contributed by atoms with Gasteiger partial charge in [-0.05, 0) is 0 Å². The summed E-state index contributed by atoms with van der Waals surface area (Å²) in [4.78, 5) is 0. The first-order valence-electron chi connectivity index (χ1n) is 0.617. The van der Waals surface area contributed by atoms with Crippen LogP contribution < -0.4 is 18.6 Å². The first kappa shape index (κ1) is 15.8. The van der Waals surface area contributed by atoms with Gasteiger partial charge in [0.25, 0.3) is 0 Å². The van der Waals surface area contributed by atoms with Gasteiger partial charge in [0.05, 0.1) is 22.7 Å². The van der Waals surface area contributed by atoms with E-state index in [9.17, 15) is 0 Å². The van der Waals surface area contributed by atoms with E-state index in [-0.39, 0.29) is 27.3 Å². The summed E-state index contributed by atoms with van der Waals surface area (Å²) in [6, 6.07) is 0. The molecule has 0 N–H and O–H groups in total. The molecule has 0 saturated heterocycles. The number of hydrogen-bond donors (Lipinski definition) is 0. The Hall–Kier alpha value is 1.34. The van der Waals surface area contributed by atoms with Gasteiger partial charge < -0.3 is 18.6 Å². The first-order valence-corrected chi connectivity index (χ1v) is 1.85. The molecule has 0 spiro atoms. The summed E-state index contributed by atoms with van der Waals surface area (Å²) in [5.41, 5.74) is 0. The third-order valence-corrected chi connectivity index (χ3v) is 0. The fourth-order valence-electron chi connectivity index (χ4n) is 0. The molecule has 0 aliphatic carbocycles. The van der Waals surface area contributed by atoms with Gasteiger partial charge in [-0.25, -0.2) is 0 Å². The largest absolute Gasteiger partial charge is 2.00 e. The first-order chi connectivity index (χ1) is 2.83. The van der Waals surface area contributed by atoms with Crippen LogP contribution in [-0.4, -0.2) is 0 Å². The monoisotopic (exact) mass is 248 g/mol. The minimum Gasteiger partial charge on any atom is -0.544 e. The summed E-state index contributed by atoms with van der Waals surface area (Å²) in [7, 11) is 0. The minimum absolute atomic E-state index is 0. The van der Waals surface area contributed by atoms with Gasteiger partial charge in [0.1, 0.15) is 0 Å². The molecule has 7 heavy (non-hydrogen) atoms. The van der Waals surface area contributed by atoms with E-state index in [1.165, 1.54) is 0 Å². The molecule has 0 aromatic heterocycles. The number of hydrogen-bond acceptors (Lipinski definition) is 4. The van der Waals surface area contributed by atoms with Crippen LogP contribution in [0.5, 0.6) is 0 Å². The average molecular weight is 247 g/mol. The van der Waals surface area contributed by atoms with E-state index in [1.54, 1.807) is 0 Å². The van der Waals surface area contributed by atoms with Crippen molar-refractivity contribution in [3.05, 3.63) is 0 Å². The smallest absolute Gasteiger partial charge is 0.544 e.